The number of amides is 2. The van der Waals surface area contributed by atoms with Crippen LogP contribution < -0.4 is 16.8 Å². The summed E-state index contributed by atoms with van der Waals surface area (Å²) in [6.45, 7) is 1.73. The minimum Gasteiger partial charge on any atom is -0.398 e. The lowest BCUT2D eigenvalue weighted by molar-refractivity contribution is -0.119. The maximum Gasteiger partial charge on any atom is 0.253 e. The molecule has 0 unspecified atom stereocenters. The van der Waals surface area contributed by atoms with Gasteiger partial charge in [-0.15, -0.1) is 0 Å². The number of anilines is 1. The Labute approximate surface area is 128 Å². The summed E-state index contributed by atoms with van der Waals surface area (Å²) in [7, 11) is 0. The van der Waals surface area contributed by atoms with Crippen LogP contribution in [-0.4, -0.2) is 42.4 Å². The van der Waals surface area contributed by atoms with Crippen molar-refractivity contribution in [3.05, 3.63) is 28.8 Å². The molecule has 1 aromatic rings. The van der Waals surface area contributed by atoms with Gasteiger partial charge in [-0.05, 0) is 25.0 Å². The number of hydrogen-bond donors (Lipinski definition) is 3. The Kier molecular flexibility index (Phi) is 5.03. The number of carbonyl (C=O) groups is 2. The van der Waals surface area contributed by atoms with Crippen LogP contribution in [0.4, 0.5) is 5.69 Å². The minimum atomic E-state index is -0.330. The Morgan fingerprint density at radius 2 is 2.00 bits per heavy atom. The van der Waals surface area contributed by atoms with Crippen LogP contribution in [0.5, 0.6) is 0 Å². The molecule has 21 heavy (non-hydrogen) atoms. The molecule has 0 saturated carbocycles. The molecule has 0 bridgehead atoms. The first-order valence-corrected chi connectivity index (χ1v) is 7.20. The first kappa shape index (κ1) is 15.6. The Hall–Kier alpha value is -1.79. The number of halogens is 1. The summed E-state index contributed by atoms with van der Waals surface area (Å²) < 4.78 is 0. The largest absolute Gasteiger partial charge is 0.398 e. The highest BCUT2D eigenvalue weighted by Crippen LogP contribution is 2.23. The van der Waals surface area contributed by atoms with E-state index >= 15 is 0 Å². The van der Waals surface area contributed by atoms with Crippen molar-refractivity contribution in [3.8, 4) is 0 Å². The quantitative estimate of drug-likeness (QED) is 0.709. The van der Waals surface area contributed by atoms with Crippen molar-refractivity contribution >= 4 is 29.1 Å². The fourth-order valence-electron chi connectivity index (χ4n) is 2.44. The Balaban J connectivity index is 1.90. The topological polar surface area (TPSA) is 101 Å². The van der Waals surface area contributed by atoms with Gasteiger partial charge in [-0.1, -0.05) is 17.7 Å². The van der Waals surface area contributed by atoms with Gasteiger partial charge in [-0.25, -0.2) is 0 Å². The van der Waals surface area contributed by atoms with Crippen molar-refractivity contribution in [2.45, 2.75) is 18.9 Å². The summed E-state index contributed by atoms with van der Waals surface area (Å²) in [5.41, 5.74) is 11.6. The van der Waals surface area contributed by atoms with Crippen molar-refractivity contribution in [2.75, 3.05) is 25.4 Å². The number of hydrogen-bond acceptors (Lipinski definition) is 4. The molecule has 0 spiro atoms. The molecular weight excluding hydrogens is 292 g/mol. The zero-order valence-electron chi connectivity index (χ0n) is 11.6. The number of nitrogens with zero attached hydrogens (tertiary/aromatic N) is 1. The van der Waals surface area contributed by atoms with E-state index in [1.807, 2.05) is 4.90 Å². The monoisotopic (exact) mass is 310 g/mol. The standard InChI is InChI=1S/C14H19ClN4O2/c15-13-10(2-1-3-11(13)16)14(21)18-9-4-6-19(7-5-9)8-12(17)20/h1-3,9H,4-8,16H2,(H2,17,20)(H,18,21). The van der Waals surface area contributed by atoms with E-state index < -0.39 is 0 Å². The van der Waals surface area contributed by atoms with Crippen LogP contribution in [0, 0.1) is 0 Å². The summed E-state index contributed by atoms with van der Waals surface area (Å²) in [6, 6.07) is 5.07. The number of primary amides is 1. The number of benzene rings is 1. The Bertz CT molecular complexity index is 542. The molecule has 2 rings (SSSR count). The average Bonchev–Trinajstić information content (AvgIpc) is 2.43. The predicted molar refractivity (Wildman–Crippen MR) is 82.0 cm³/mol. The lowest BCUT2D eigenvalue weighted by Gasteiger charge is -2.31. The van der Waals surface area contributed by atoms with E-state index in [0.717, 1.165) is 25.9 Å². The van der Waals surface area contributed by atoms with Gasteiger partial charge in [0.2, 0.25) is 5.91 Å². The highest BCUT2D eigenvalue weighted by Gasteiger charge is 2.22. The van der Waals surface area contributed by atoms with Crippen molar-refractivity contribution < 1.29 is 9.59 Å². The Morgan fingerprint density at radius 3 is 2.62 bits per heavy atom. The van der Waals surface area contributed by atoms with Crippen LogP contribution in [0.1, 0.15) is 23.2 Å². The first-order valence-electron chi connectivity index (χ1n) is 6.83. The summed E-state index contributed by atoms with van der Waals surface area (Å²) in [5.74, 6) is -0.551. The van der Waals surface area contributed by atoms with E-state index in [-0.39, 0.29) is 29.4 Å². The molecule has 1 aliphatic heterocycles. The van der Waals surface area contributed by atoms with Crippen LogP contribution in [-0.2, 0) is 4.79 Å². The second-order valence-electron chi connectivity index (χ2n) is 5.20. The van der Waals surface area contributed by atoms with Crippen LogP contribution in [0.2, 0.25) is 5.02 Å². The fraction of sp³-hybridized carbons (Fsp3) is 0.429. The van der Waals surface area contributed by atoms with Gasteiger partial charge in [0.1, 0.15) is 0 Å². The van der Waals surface area contributed by atoms with Gasteiger partial charge in [-0.3, -0.25) is 14.5 Å². The molecule has 1 saturated heterocycles. The van der Waals surface area contributed by atoms with E-state index in [4.69, 9.17) is 23.1 Å². The molecule has 0 aliphatic carbocycles. The number of carbonyl (C=O) groups excluding carboxylic acids is 2. The summed E-state index contributed by atoms with van der Waals surface area (Å²) in [6.07, 6.45) is 1.55. The van der Waals surface area contributed by atoms with Gasteiger partial charge in [0.05, 0.1) is 22.8 Å². The normalized spacial score (nSPS) is 16.6. The van der Waals surface area contributed by atoms with Crippen molar-refractivity contribution in [3.63, 3.8) is 0 Å². The van der Waals surface area contributed by atoms with Crippen LogP contribution >= 0.6 is 11.6 Å². The lowest BCUT2D eigenvalue weighted by atomic mass is 10.0. The maximum absolute atomic E-state index is 12.2. The summed E-state index contributed by atoms with van der Waals surface area (Å²) in [4.78, 5) is 25.1. The molecule has 1 fully saturated rings. The molecule has 1 aliphatic rings. The first-order chi connectivity index (χ1) is 9.97. The second kappa shape index (κ2) is 6.78. The lowest BCUT2D eigenvalue weighted by Crippen LogP contribution is -2.46. The number of piperidine rings is 1. The van der Waals surface area contributed by atoms with Crippen LogP contribution in [0.25, 0.3) is 0 Å². The zero-order chi connectivity index (χ0) is 15.4. The minimum absolute atomic E-state index is 0.0686. The highest BCUT2D eigenvalue weighted by atomic mass is 35.5. The van der Waals surface area contributed by atoms with Gasteiger partial charge >= 0.3 is 0 Å². The molecule has 1 aromatic carbocycles. The van der Waals surface area contributed by atoms with Gasteiger partial charge in [0, 0.05) is 19.1 Å². The van der Waals surface area contributed by atoms with E-state index in [9.17, 15) is 9.59 Å². The van der Waals surface area contributed by atoms with Gasteiger partial charge in [-0.2, -0.15) is 0 Å². The molecule has 7 heteroatoms. The second-order valence-corrected chi connectivity index (χ2v) is 5.58. The number of nitrogens with one attached hydrogen (secondary N) is 1. The van der Waals surface area contributed by atoms with Gasteiger partial charge in [0.25, 0.3) is 5.91 Å². The van der Waals surface area contributed by atoms with E-state index in [0.29, 0.717) is 11.3 Å². The zero-order valence-corrected chi connectivity index (χ0v) is 12.4. The van der Waals surface area contributed by atoms with Crippen molar-refractivity contribution in [2.24, 2.45) is 5.73 Å². The van der Waals surface area contributed by atoms with Crippen molar-refractivity contribution in [1.82, 2.24) is 10.2 Å². The molecule has 0 radical (unpaired) electrons. The molecular formula is C14H19ClN4O2. The SMILES string of the molecule is NC(=O)CN1CCC(NC(=O)c2cccc(N)c2Cl)CC1. The Morgan fingerprint density at radius 1 is 1.33 bits per heavy atom. The third-order valence-corrected chi connectivity index (χ3v) is 4.00. The van der Waals surface area contributed by atoms with E-state index in [1.54, 1.807) is 18.2 Å². The third-order valence-electron chi connectivity index (χ3n) is 3.58. The molecule has 0 aromatic heterocycles. The predicted octanol–water partition coefficient (Wildman–Crippen LogP) is 0.602. The maximum atomic E-state index is 12.2. The number of nitrogens with two attached hydrogens (primary N) is 2. The van der Waals surface area contributed by atoms with Crippen LogP contribution in [0.15, 0.2) is 18.2 Å². The molecule has 114 valence electrons. The molecule has 1 heterocycles. The van der Waals surface area contributed by atoms with Crippen LogP contribution in [0.3, 0.4) is 0 Å². The fourth-order valence-corrected chi connectivity index (χ4v) is 2.66. The average molecular weight is 311 g/mol. The van der Waals surface area contributed by atoms with Crippen molar-refractivity contribution in [1.29, 1.82) is 0 Å². The third kappa shape index (κ3) is 4.09. The number of likely N-dealkylation sites (tertiary alicyclic amines) is 1. The van der Waals surface area contributed by atoms with Gasteiger partial charge < -0.3 is 16.8 Å². The number of rotatable bonds is 4. The highest BCUT2D eigenvalue weighted by molar-refractivity contribution is 6.36. The van der Waals surface area contributed by atoms with E-state index in [2.05, 4.69) is 5.32 Å². The van der Waals surface area contributed by atoms with Gasteiger partial charge in [0.15, 0.2) is 0 Å². The number of nitrogen functional groups attached to an aromatic ring is 1. The smallest absolute Gasteiger partial charge is 0.253 e. The molecule has 5 N–H and O–H groups in total. The van der Waals surface area contributed by atoms with E-state index in [1.165, 1.54) is 0 Å². The molecule has 0 atom stereocenters. The summed E-state index contributed by atoms with van der Waals surface area (Å²) >= 11 is 6.04. The molecule has 2 amide bonds. The molecule has 6 nitrogen and oxygen atoms in total. The summed E-state index contributed by atoms with van der Waals surface area (Å²) in [5, 5.41) is 3.23.